The lowest BCUT2D eigenvalue weighted by atomic mass is 10.1. The average molecular weight is 824 g/mol. The van der Waals surface area contributed by atoms with Crippen molar-refractivity contribution in [3.05, 3.63) is 245 Å². The topological polar surface area (TPSA) is 145 Å². The molecular formula is C51H42N3O6P. The van der Waals surface area contributed by atoms with E-state index in [-0.39, 0.29) is 28.5 Å². The highest BCUT2D eigenvalue weighted by Crippen LogP contribution is 2.54. The fourth-order valence-corrected chi connectivity index (χ4v) is 10.8. The maximum atomic E-state index is 12.0. The van der Waals surface area contributed by atoms with E-state index in [4.69, 9.17) is 0 Å². The number of amides is 2. The van der Waals surface area contributed by atoms with Crippen molar-refractivity contribution in [2.24, 2.45) is 0 Å². The molecule has 9 nitrogen and oxygen atoms in total. The van der Waals surface area contributed by atoms with E-state index >= 15 is 0 Å². The highest BCUT2D eigenvalue weighted by molar-refractivity contribution is 8.01. The molecule has 0 aliphatic heterocycles. The number of benzene rings is 8. The Kier molecular flexibility index (Phi) is 14.5. The van der Waals surface area contributed by atoms with Crippen molar-refractivity contribution in [1.29, 1.82) is 0 Å². The van der Waals surface area contributed by atoms with Crippen LogP contribution in [0.5, 0.6) is 11.5 Å². The maximum absolute atomic E-state index is 12.0. The number of nitro groups is 1. The first-order chi connectivity index (χ1) is 29.7. The number of phenols is 1. The van der Waals surface area contributed by atoms with E-state index in [1.165, 1.54) is 27.3 Å². The molecular weight excluding hydrogens is 782 g/mol. The van der Waals surface area contributed by atoms with Gasteiger partial charge >= 0.3 is 0 Å². The molecule has 2 amide bonds. The van der Waals surface area contributed by atoms with Gasteiger partial charge in [-0.15, -0.1) is 0 Å². The molecule has 0 saturated heterocycles. The Morgan fingerprint density at radius 2 is 0.869 bits per heavy atom. The van der Waals surface area contributed by atoms with Crippen LogP contribution in [-0.2, 0) is 0 Å². The summed E-state index contributed by atoms with van der Waals surface area (Å²) in [5.41, 5.74) is 1.98. The lowest BCUT2D eigenvalue weighted by Gasteiger charge is -2.27. The normalized spacial score (nSPS) is 10.4. The number of nitro benzene ring substituents is 1. The summed E-state index contributed by atoms with van der Waals surface area (Å²) in [7, 11) is -1.91. The van der Waals surface area contributed by atoms with Crippen molar-refractivity contribution in [3.8, 4) is 11.5 Å². The minimum atomic E-state index is -1.91. The fraction of sp³-hybridized carbons (Fsp3) is 0.0196. The second-order valence-electron chi connectivity index (χ2n) is 13.6. The number of non-ortho nitro benzene ring substituents is 1. The number of carbonyl (C=O) groups is 2. The first kappa shape index (κ1) is 42.7. The largest absolute Gasteiger partial charge is 0.872 e. The molecule has 10 heteroatoms. The number of phenolic OH excluding ortho intramolecular Hbond substituents is 1. The van der Waals surface area contributed by atoms with Crippen molar-refractivity contribution in [3.63, 3.8) is 0 Å². The number of rotatable bonds is 9. The molecule has 3 N–H and O–H groups in total. The monoisotopic (exact) mass is 823 g/mol. The van der Waals surface area contributed by atoms with Crippen LogP contribution in [0.4, 0.5) is 17.1 Å². The van der Waals surface area contributed by atoms with E-state index < -0.39 is 23.8 Å². The molecule has 61 heavy (non-hydrogen) atoms. The first-order valence-electron chi connectivity index (χ1n) is 19.3. The van der Waals surface area contributed by atoms with Gasteiger partial charge in [0.05, 0.1) is 10.5 Å². The highest BCUT2D eigenvalue weighted by atomic mass is 31.2. The summed E-state index contributed by atoms with van der Waals surface area (Å²) in [4.78, 5) is 33.7. The summed E-state index contributed by atoms with van der Waals surface area (Å²) >= 11 is 0. The number of nitrogens with one attached hydrogen (secondary N) is 2. The molecule has 0 radical (unpaired) electrons. The van der Waals surface area contributed by atoms with Gasteiger partial charge in [0.15, 0.2) is 0 Å². The summed E-state index contributed by atoms with van der Waals surface area (Å²) in [5, 5.41) is 42.5. The van der Waals surface area contributed by atoms with Gasteiger partial charge in [-0.2, -0.15) is 0 Å². The molecule has 8 rings (SSSR count). The summed E-state index contributed by atoms with van der Waals surface area (Å²) in [6.07, 6.45) is 0. The molecule has 0 fully saturated rings. The maximum Gasteiger partial charge on any atom is 0.270 e. The standard InChI is InChI=1S/C24H20P.C14H12N2O4.C13H11NO2/c1-5-13-21(14-6-1)25(22-15-7-2-8-16-22,23-17-9-3-10-18-23)24-19-11-4-12-20-24;1-9-2-4-10(5-3-9)15-14(18)12-8-11(16(19)20)6-7-13(12)17;15-12-9-5-4-8-11(12)13(16)14-10-6-2-1-3-7-10/h1-20H;2-8,17H,1H3,(H,15,18);1-9,15H,(H,14,16)/q+1;;/p-1. The summed E-state index contributed by atoms with van der Waals surface area (Å²) in [5.74, 6) is -1.55. The lowest BCUT2D eigenvalue weighted by molar-refractivity contribution is -0.385. The lowest BCUT2D eigenvalue weighted by Crippen LogP contribution is -2.38. The minimum Gasteiger partial charge on any atom is -0.872 e. The van der Waals surface area contributed by atoms with E-state index in [1.807, 2.05) is 25.1 Å². The summed E-state index contributed by atoms with van der Waals surface area (Å²) in [6.45, 7) is 1.90. The van der Waals surface area contributed by atoms with Crippen LogP contribution in [0.1, 0.15) is 26.3 Å². The Balaban J connectivity index is 0.000000157. The van der Waals surface area contributed by atoms with E-state index in [0.29, 0.717) is 11.4 Å². The molecule has 302 valence electrons. The van der Waals surface area contributed by atoms with Crippen LogP contribution in [0.3, 0.4) is 0 Å². The third kappa shape index (κ3) is 10.8. The zero-order valence-electron chi connectivity index (χ0n) is 33.2. The first-order valence-corrected chi connectivity index (χ1v) is 21.0. The van der Waals surface area contributed by atoms with Crippen LogP contribution in [0, 0.1) is 17.0 Å². The van der Waals surface area contributed by atoms with Gasteiger partial charge in [-0.05, 0) is 91.9 Å². The second-order valence-corrected chi connectivity index (χ2v) is 17.0. The van der Waals surface area contributed by atoms with Crippen LogP contribution in [0.25, 0.3) is 0 Å². The van der Waals surface area contributed by atoms with Crippen molar-refractivity contribution in [2.45, 2.75) is 6.92 Å². The molecule has 8 aromatic rings. The predicted molar refractivity (Wildman–Crippen MR) is 245 cm³/mol. The molecule has 0 spiro atoms. The van der Waals surface area contributed by atoms with E-state index in [0.717, 1.165) is 23.8 Å². The van der Waals surface area contributed by atoms with Crippen LogP contribution in [0.2, 0.25) is 0 Å². The molecule has 0 aromatic heterocycles. The zero-order chi connectivity index (χ0) is 43.0. The van der Waals surface area contributed by atoms with E-state index in [1.54, 1.807) is 54.6 Å². The SMILES string of the molecule is Cc1ccc(NC(=O)c2cc([N+](=O)[O-])ccc2[O-])cc1.O=C(Nc1ccccc1)c1ccccc1O.c1ccc([P+](c2ccccc2)(c2ccccc2)c2ccccc2)cc1. The van der Waals surface area contributed by atoms with Gasteiger partial charge in [-0.3, -0.25) is 19.7 Å². The number of carbonyl (C=O) groups excluding carboxylic acids is 2. The van der Waals surface area contributed by atoms with Gasteiger partial charge in [-0.1, -0.05) is 133 Å². The molecule has 0 aliphatic rings. The number of aromatic hydroxyl groups is 1. The van der Waals surface area contributed by atoms with Gasteiger partial charge in [-0.25, -0.2) is 0 Å². The quantitative estimate of drug-likeness (QED) is 0.0753. The smallest absolute Gasteiger partial charge is 0.270 e. The number of hydrogen-bond donors (Lipinski definition) is 3. The fourth-order valence-electron chi connectivity index (χ4n) is 6.53. The van der Waals surface area contributed by atoms with Crippen molar-refractivity contribution >= 4 is 57.4 Å². The number of aryl methyl sites for hydroxylation is 1. The third-order valence-electron chi connectivity index (χ3n) is 9.48. The van der Waals surface area contributed by atoms with Crippen LogP contribution < -0.4 is 37.0 Å². The van der Waals surface area contributed by atoms with Crippen molar-refractivity contribution < 1.29 is 24.7 Å². The number of anilines is 2. The van der Waals surface area contributed by atoms with Gasteiger partial charge in [0.25, 0.3) is 17.5 Å². The van der Waals surface area contributed by atoms with Gasteiger partial charge in [0.1, 0.15) is 34.2 Å². The molecule has 0 bridgehead atoms. The third-order valence-corrected chi connectivity index (χ3v) is 13.8. The Labute approximate surface area is 355 Å². The number of nitrogens with zero attached hydrogens (tertiary/aromatic N) is 1. The molecule has 8 aromatic carbocycles. The Morgan fingerprint density at radius 1 is 0.492 bits per heavy atom. The highest BCUT2D eigenvalue weighted by Gasteiger charge is 2.47. The Bertz CT molecular complexity index is 2500. The van der Waals surface area contributed by atoms with Gasteiger partial charge < -0.3 is 20.8 Å². The number of para-hydroxylation sites is 2. The van der Waals surface area contributed by atoms with Crippen molar-refractivity contribution in [2.75, 3.05) is 10.6 Å². The molecule has 0 unspecified atom stereocenters. The second kappa shape index (κ2) is 20.7. The summed E-state index contributed by atoms with van der Waals surface area (Å²) in [6, 6.07) is 69.5. The Morgan fingerprint density at radius 3 is 1.30 bits per heavy atom. The van der Waals surface area contributed by atoms with E-state index in [2.05, 4.69) is 132 Å². The van der Waals surface area contributed by atoms with Gasteiger partial charge in [0.2, 0.25) is 0 Å². The summed E-state index contributed by atoms with van der Waals surface area (Å²) < 4.78 is 0. The van der Waals surface area contributed by atoms with Crippen LogP contribution in [0.15, 0.2) is 218 Å². The van der Waals surface area contributed by atoms with Gasteiger partial charge in [0, 0.05) is 29.1 Å². The number of hydrogen-bond acceptors (Lipinski definition) is 6. The van der Waals surface area contributed by atoms with E-state index in [9.17, 15) is 29.9 Å². The molecule has 0 atom stereocenters. The average Bonchev–Trinajstić information content (AvgIpc) is 3.30. The minimum absolute atomic E-state index is 0.0177. The Hall–Kier alpha value is -7.87. The molecule has 0 saturated carbocycles. The van der Waals surface area contributed by atoms with Crippen LogP contribution in [-0.4, -0.2) is 21.8 Å². The molecule has 0 aliphatic carbocycles. The van der Waals surface area contributed by atoms with Crippen LogP contribution >= 0.6 is 7.26 Å². The van der Waals surface area contributed by atoms with Crippen molar-refractivity contribution in [1.82, 2.24) is 0 Å². The predicted octanol–water partition coefficient (Wildman–Crippen LogP) is 9.18. The molecule has 0 heterocycles. The zero-order valence-corrected chi connectivity index (χ0v) is 34.1.